The van der Waals surface area contributed by atoms with Crippen molar-refractivity contribution in [2.75, 3.05) is 6.54 Å². The summed E-state index contributed by atoms with van der Waals surface area (Å²) in [6.07, 6.45) is -0.646. The number of carboxylic acid groups (broad SMARTS) is 1. The molecule has 0 aliphatic rings. The van der Waals surface area contributed by atoms with Gasteiger partial charge in [-0.2, -0.15) is 0 Å². The van der Waals surface area contributed by atoms with E-state index in [-0.39, 0.29) is 19.4 Å². The number of hydrogen-bond donors (Lipinski definition) is 4. The molecule has 0 heterocycles. The minimum Gasteiger partial charge on any atom is -0.489 e. The fraction of sp³-hybridized carbons (Fsp3) is 0.312. The summed E-state index contributed by atoms with van der Waals surface area (Å²) in [6, 6.07) is 18.6. The second-order valence-corrected chi connectivity index (χ2v) is 11.7. The number of alkyl carbamates (subject to hydrolysis) is 1. The van der Waals surface area contributed by atoms with Crippen molar-refractivity contribution in [3.63, 3.8) is 0 Å². The van der Waals surface area contributed by atoms with Gasteiger partial charge in [0.05, 0.1) is 6.54 Å². The second-order valence-electron chi connectivity index (χ2n) is 10.9. The minimum atomic E-state index is -1.26. The standard InChI is InChI=1S/C32H35Cl2N3O7/c1-32(2,3)44-31(42)37-26(16-20-8-5-4-6-9-20)29(39)35-18-28(38)36-27(30(40)41)17-21-12-14-22(15-13-21)43-19-23-24(33)10-7-11-25(23)34/h4-15,26-27H,16-19H2,1-3H3,(H,35,39)(H,36,38)(H,37,42)(H,40,41)/t26-,27-/m0/s1. The highest BCUT2D eigenvalue weighted by Crippen LogP contribution is 2.26. The lowest BCUT2D eigenvalue weighted by Crippen LogP contribution is -2.52. The van der Waals surface area contributed by atoms with Crippen LogP contribution in [0.4, 0.5) is 4.79 Å². The molecule has 12 heteroatoms. The number of halogens is 2. The Bertz CT molecular complexity index is 1420. The van der Waals surface area contributed by atoms with Crippen molar-refractivity contribution in [3.05, 3.63) is 99.5 Å². The Morgan fingerprint density at radius 3 is 1.98 bits per heavy atom. The monoisotopic (exact) mass is 643 g/mol. The minimum absolute atomic E-state index is 0.0114. The van der Waals surface area contributed by atoms with Gasteiger partial charge in [-0.05, 0) is 56.2 Å². The van der Waals surface area contributed by atoms with Crippen LogP contribution in [0.5, 0.6) is 5.75 Å². The third-order valence-corrected chi connectivity index (χ3v) is 6.86. The van der Waals surface area contributed by atoms with Gasteiger partial charge >= 0.3 is 12.1 Å². The van der Waals surface area contributed by atoms with Gasteiger partial charge in [-0.15, -0.1) is 0 Å². The Morgan fingerprint density at radius 1 is 0.795 bits per heavy atom. The molecule has 2 atom stereocenters. The van der Waals surface area contributed by atoms with Gasteiger partial charge in [-0.25, -0.2) is 9.59 Å². The number of carboxylic acids is 1. The number of carbonyl (C=O) groups excluding carboxylic acids is 3. The molecule has 0 aromatic heterocycles. The number of carbonyl (C=O) groups is 4. The zero-order chi connectivity index (χ0) is 32.3. The lowest BCUT2D eigenvalue weighted by Gasteiger charge is -2.23. The Hall–Kier alpha value is -4.28. The quantitative estimate of drug-likeness (QED) is 0.207. The highest BCUT2D eigenvalue weighted by molar-refractivity contribution is 6.35. The molecule has 3 rings (SSSR count). The van der Waals surface area contributed by atoms with E-state index in [2.05, 4.69) is 16.0 Å². The highest BCUT2D eigenvalue weighted by Gasteiger charge is 2.26. The zero-order valence-corrected chi connectivity index (χ0v) is 26.1. The van der Waals surface area contributed by atoms with Crippen molar-refractivity contribution >= 4 is 47.1 Å². The Morgan fingerprint density at radius 2 is 1.39 bits per heavy atom. The summed E-state index contributed by atoms with van der Waals surface area (Å²) in [5, 5.41) is 18.1. The van der Waals surface area contributed by atoms with Crippen LogP contribution in [0.2, 0.25) is 10.0 Å². The van der Waals surface area contributed by atoms with E-state index in [1.165, 1.54) is 0 Å². The van der Waals surface area contributed by atoms with Crippen molar-refractivity contribution in [3.8, 4) is 5.75 Å². The molecular formula is C32H35Cl2N3O7. The van der Waals surface area contributed by atoms with Crippen LogP contribution < -0.4 is 20.7 Å². The summed E-state index contributed by atoms with van der Waals surface area (Å²) in [5.74, 6) is -2.06. The molecule has 10 nitrogen and oxygen atoms in total. The number of benzene rings is 3. The van der Waals surface area contributed by atoms with E-state index in [4.69, 9.17) is 32.7 Å². The molecule has 44 heavy (non-hydrogen) atoms. The number of aliphatic carboxylic acids is 1. The van der Waals surface area contributed by atoms with Gasteiger partial charge in [0.1, 0.15) is 30.0 Å². The van der Waals surface area contributed by atoms with Crippen LogP contribution in [0.15, 0.2) is 72.8 Å². The lowest BCUT2D eigenvalue weighted by molar-refractivity contribution is -0.141. The lowest BCUT2D eigenvalue weighted by atomic mass is 10.1. The average Bonchev–Trinajstić information content (AvgIpc) is 2.95. The Kier molecular flexibility index (Phi) is 12.4. The predicted molar refractivity (Wildman–Crippen MR) is 167 cm³/mol. The number of rotatable bonds is 13. The molecule has 0 spiro atoms. The third-order valence-electron chi connectivity index (χ3n) is 6.15. The van der Waals surface area contributed by atoms with Crippen LogP contribution in [-0.2, 0) is 38.6 Å². The molecule has 4 N–H and O–H groups in total. The maximum atomic E-state index is 13.0. The number of hydrogen-bond acceptors (Lipinski definition) is 6. The Labute approximate surface area is 266 Å². The van der Waals surface area contributed by atoms with Gasteiger partial charge in [0.2, 0.25) is 11.8 Å². The van der Waals surface area contributed by atoms with Gasteiger partial charge in [0.25, 0.3) is 0 Å². The van der Waals surface area contributed by atoms with Crippen LogP contribution in [0.1, 0.15) is 37.5 Å². The maximum Gasteiger partial charge on any atom is 0.408 e. The summed E-state index contributed by atoms with van der Waals surface area (Å²) in [4.78, 5) is 49.9. The molecule has 0 unspecified atom stereocenters. The first-order chi connectivity index (χ1) is 20.8. The Balaban J connectivity index is 1.55. The van der Waals surface area contributed by atoms with Crippen LogP contribution in [0.3, 0.4) is 0 Å². The normalized spacial score (nSPS) is 12.4. The molecule has 0 saturated carbocycles. The first-order valence-electron chi connectivity index (χ1n) is 13.8. The van der Waals surface area contributed by atoms with Gasteiger partial charge in [0.15, 0.2) is 0 Å². The van der Waals surface area contributed by atoms with Crippen LogP contribution in [-0.4, -0.2) is 53.2 Å². The van der Waals surface area contributed by atoms with Crippen LogP contribution in [0.25, 0.3) is 0 Å². The van der Waals surface area contributed by atoms with E-state index in [0.717, 1.165) is 5.56 Å². The number of ether oxygens (including phenoxy) is 2. The summed E-state index contributed by atoms with van der Waals surface area (Å²) in [6.45, 7) is 4.74. The molecule has 0 bridgehead atoms. The third kappa shape index (κ3) is 11.4. The topological polar surface area (TPSA) is 143 Å². The van der Waals surface area contributed by atoms with Crippen molar-refractivity contribution in [1.29, 1.82) is 0 Å². The largest absolute Gasteiger partial charge is 0.489 e. The molecule has 3 aromatic carbocycles. The first kappa shape index (κ1) is 34.2. The zero-order valence-electron chi connectivity index (χ0n) is 24.6. The first-order valence-corrected chi connectivity index (χ1v) is 14.5. The molecule has 3 amide bonds. The predicted octanol–water partition coefficient (Wildman–Crippen LogP) is 4.94. The molecule has 0 fully saturated rings. The fourth-order valence-corrected chi connectivity index (χ4v) is 4.53. The van der Waals surface area contributed by atoms with Gasteiger partial charge in [0, 0.05) is 28.5 Å². The molecule has 0 radical (unpaired) electrons. The van der Waals surface area contributed by atoms with Crippen LogP contribution >= 0.6 is 23.2 Å². The summed E-state index contributed by atoms with van der Waals surface area (Å²) >= 11 is 12.4. The summed E-state index contributed by atoms with van der Waals surface area (Å²) in [5.41, 5.74) is 1.28. The second kappa shape index (κ2) is 16.0. The van der Waals surface area contributed by atoms with Gasteiger partial charge in [-0.3, -0.25) is 9.59 Å². The van der Waals surface area contributed by atoms with Crippen molar-refractivity contribution in [2.24, 2.45) is 0 Å². The number of amides is 3. The van der Waals surface area contributed by atoms with E-state index < -0.39 is 48.1 Å². The molecule has 0 saturated heterocycles. The average molecular weight is 645 g/mol. The van der Waals surface area contributed by atoms with E-state index in [9.17, 15) is 24.3 Å². The summed E-state index contributed by atoms with van der Waals surface area (Å²) in [7, 11) is 0. The van der Waals surface area contributed by atoms with E-state index >= 15 is 0 Å². The maximum absolute atomic E-state index is 13.0. The molecule has 0 aliphatic heterocycles. The van der Waals surface area contributed by atoms with E-state index in [1.807, 2.05) is 6.07 Å². The van der Waals surface area contributed by atoms with E-state index in [1.54, 1.807) is 87.5 Å². The summed E-state index contributed by atoms with van der Waals surface area (Å²) < 4.78 is 11.0. The smallest absolute Gasteiger partial charge is 0.408 e. The van der Waals surface area contributed by atoms with Gasteiger partial charge in [-0.1, -0.05) is 71.7 Å². The van der Waals surface area contributed by atoms with Crippen LogP contribution in [0, 0.1) is 0 Å². The SMILES string of the molecule is CC(C)(C)OC(=O)N[C@@H](Cc1ccccc1)C(=O)NCC(=O)N[C@@H](Cc1ccc(OCc2c(Cl)cccc2Cl)cc1)C(=O)O. The molecule has 234 valence electrons. The number of nitrogens with one attached hydrogen (secondary N) is 3. The van der Waals surface area contributed by atoms with E-state index in [0.29, 0.717) is 26.9 Å². The molecule has 0 aliphatic carbocycles. The van der Waals surface area contributed by atoms with Crippen molar-refractivity contribution in [1.82, 2.24) is 16.0 Å². The molecular weight excluding hydrogens is 609 g/mol. The van der Waals surface area contributed by atoms with Crippen molar-refractivity contribution < 1.29 is 33.8 Å². The molecule has 3 aromatic rings. The highest BCUT2D eigenvalue weighted by atomic mass is 35.5. The van der Waals surface area contributed by atoms with Gasteiger partial charge < -0.3 is 30.5 Å². The fourth-order valence-electron chi connectivity index (χ4n) is 4.03. The van der Waals surface area contributed by atoms with Crippen molar-refractivity contribution in [2.45, 2.75) is 57.9 Å².